The first-order chi connectivity index (χ1) is 9.78. The molecule has 110 valence electrons. The highest BCUT2D eigenvalue weighted by molar-refractivity contribution is 5.43. The van der Waals surface area contributed by atoms with Gasteiger partial charge < -0.3 is 14.8 Å². The fourth-order valence-electron chi connectivity index (χ4n) is 3.56. The zero-order valence-electron chi connectivity index (χ0n) is 12.5. The van der Waals surface area contributed by atoms with E-state index in [9.17, 15) is 0 Å². The van der Waals surface area contributed by atoms with Crippen LogP contribution in [0.25, 0.3) is 0 Å². The number of rotatable bonds is 4. The predicted molar refractivity (Wildman–Crippen MR) is 80.2 cm³/mol. The van der Waals surface area contributed by atoms with Crippen LogP contribution < -0.4 is 14.8 Å². The molecule has 1 fully saturated rings. The molecular weight excluding hydrogens is 250 g/mol. The van der Waals surface area contributed by atoms with Gasteiger partial charge in [-0.15, -0.1) is 0 Å². The van der Waals surface area contributed by atoms with E-state index in [-0.39, 0.29) is 0 Å². The summed E-state index contributed by atoms with van der Waals surface area (Å²) < 4.78 is 11.2. The molecule has 0 aromatic heterocycles. The Morgan fingerprint density at radius 1 is 1.15 bits per heavy atom. The highest BCUT2D eigenvalue weighted by Gasteiger charge is 2.30. The van der Waals surface area contributed by atoms with Gasteiger partial charge in [0.15, 0.2) is 11.5 Å². The van der Waals surface area contributed by atoms with Crippen molar-refractivity contribution in [2.45, 2.75) is 45.7 Å². The Balaban J connectivity index is 1.59. The second-order valence-corrected chi connectivity index (χ2v) is 6.07. The second kappa shape index (κ2) is 6.04. The van der Waals surface area contributed by atoms with Crippen molar-refractivity contribution in [3.63, 3.8) is 0 Å². The van der Waals surface area contributed by atoms with Gasteiger partial charge in [0.05, 0.1) is 0 Å². The summed E-state index contributed by atoms with van der Waals surface area (Å²) in [5.74, 6) is 3.45. The van der Waals surface area contributed by atoms with Crippen molar-refractivity contribution in [1.82, 2.24) is 5.32 Å². The van der Waals surface area contributed by atoms with Crippen LogP contribution in [-0.4, -0.2) is 19.3 Å². The monoisotopic (exact) mass is 275 g/mol. The summed E-state index contributed by atoms with van der Waals surface area (Å²) in [7, 11) is 0. The number of fused-ring (bicyclic) bond motifs is 1. The molecular formula is C17H25NO2. The number of hydrogen-bond acceptors (Lipinski definition) is 3. The van der Waals surface area contributed by atoms with Crippen molar-refractivity contribution in [3.8, 4) is 11.5 Å². The van der Waals surface area contributed by atoms with Crippen molar-refractivity contribution in [1.29, 1.82) is 0 Å². The van der Waals surface area contributed by atoms with Crippen LogP contribution in [0.3, 0.4) is 0 Å². The van der Waals surface area contributed by atoms with Crippen molar-refractivity contribution >= 4 is 0 Å². The standard InChI is InChI=1S/C17H25NO2/c1-3-14-5-6-15(12(14)2)18-11-13-4-7-16-17(10-13)20-9-8-19-16/h4,7,10,12,14-15,18H,3,5-6,8-9,11H2,1-2H3. The van der Waals surface area contributed by atoms with Gasteiger partial charge in [0, 0.05) is 12.6 Å². The van der Waals surface area contributed by atoms with E-state index < -0.39 is 0 Å². The second-order valence-electron chi connectivity index (χ2n) is 6.07. The lowest BCUT2D eigenvalue weighted by Gasteiger charge is -2.22. The van der Waals surface area contributed by atoms with Gasteiger partial charge in [0.2, 0.25) is 0 Å². The van der Waals surface area contributed by atoms with Crippen LogP contribution >= 0.6 is 0 Å². The van der Waals surface area contributed by atoms with Gasteiger partial charge in [-0.1, -0.05) is 26.3 Å². The molecule has 1 N–H and O–H groups in total. The van der Waals surface area contributed by atoms with Crippen molar-refractivity contribution < 1.29 is 9.47 Å². The molecule has 3 atom stereocenters. The van der Waals surface area contributed by atoms with Gasteiger partial charge in [-0.25, -0.2) is 0 Å². The Kier molecular flexibility index (Phi) is 4.16. The number of ether oxygens (including phenoxy) is 2. The smallest absolute Gasteiger partial charge is 0.161 e. The van der Waals surface area contributed by atoms with E-state index in [4.69, 9.17) is 9.47 Å². The molecule has 0 bridgehead atoms. The molecule has 0 saturated heterocycles. The number of hydrogen-bond donors (Lipinski definition) is 1. The SMILES string of the molecule is CCC1CCC(NCc2ccc3c(c2)OCCO3)C1C. The van der Waals surface area contributed by atoms with E-state index in [0.717, 1.165) is 29.9 Å². The summed E-state index contributed by atoms with van der Waals surface area (Å²) in [5.41, 5.74) is 1.28. The highest BCUT2D eigenvalue weighted by Crippen LogP contribution is 2.34. The Morgan fingerprint density at radius 2 is 1.95 bits per heavy atom. The van der Waals surface area contributed by atoms with E-state index in [1.54, 1.807) is 0 Å². The van der Waals surface area contributed by atoms with Crippen LogP contribution in [0, 0.1) is 11.8 Å². The molecule has 0 spiro atoms. The molecule has 3 nitrogen and oxygen atoms in total. The van der Waals surface area contributed by atoms with Gasteiger partial charge in [0.1, 0.15) is 13.2 Å². The lowest BCUT2D eigenvalue weighted by atomic mass is 9.93. The van der Waals surface area contributed by atoms with Crippen LogP contribution in [0.2, 0.25) is 0 Å². The normalized spacial score (nSPS) is 28.6. The summed E-state index contributed by atoms with van der Waals surface area (Å²) in [6.45, 7) is 6.93. The molecule has 2 aliphatic rings. The highest BCUT2D eigenvalue weighted by atomic mass is 16.6. The third-order valence-corrected chi connectivity index (χ3v) is 4.93. The van der Waals surface area contributed by atoms with Gasteiger partial charge in [-0.3, -0.25) is 0 Å². The van der Waals surface area contributed by atoms with Crippen LogP contribution in [0.5, 0.6) is 11.5 Å². The third-order valence-electron chi connectivity index (χ3n) is 4.93. The zero-order valence-corrected chi connectivity index (χ0v) is 12.5. The maximum absolute atomic E-state index is 5.64. The van der Waals surface area contributed by atoms with E-state index in [1.165, 1.54) is 24.8 Å². The minimum absolute atomic E-state index is 0.654. The molecule has 1 aromatic rings. The fraction of sp³-hybridized carbons (Fsp3) is 0.647. The molecule has 1 heterocycles. The molecule has 3 rings (SSSR count). The lowest BCUT2D eigenvalue weighted by Crippen LogP contribution is -2.32. The van der Waals surface area contributed by atoms with Crippen molar-refractivity contribution in [2.75, 3.05) is 13.2 Å². The first-order valence-corrected chi connectivity index (χ1v) is 7.90. The zero-order chi connectivity index (χ0) is 13.9. The van der Waals surface area contributed by atoms with E-state index in [0.29, 0.717) is 19.3 Å². The van der Waals surface area contributed by atoms with E-state index in [1.807, 2.05) is 6.07 Å². The molecule has 1 aliphatic carbocycles. The topological polar surface area (TPSA) is 30.5 Å². The summed E-state index contributed by atoms with van der Waals surface area (Å²) in [4.78, 5) is 0. The molecule has 3 unspecified atom stereocenters. The van der Waals surface area contributed by atoms with Gasteiger partial charge in [-0.05, 0) is 42.4 Å². The molecule has 20 heavy (non-hydrogen) atoms. The quantitative estimate of drug-likeness (QED) is 0.914. The Morgan fingerprint density at radius 3 is 2.70 bits per heavy atom. The first kappa shape index (κ1) is 13.7. The van der Waals surface area contributed by atoms with Gasteiger partial charge >= 0.3 is 0 Å². The Labute approximate surface area is 121 Å². The largest absolute Gasteiger partial charge is 0.486 e. The Hall–Kier alpha value is -1.22. The summed E-state index contributed by atoms with van der Waals surface area (Å²) in [6, 6.07) is 6.93. The van der Waals surface area contributed by atoms with Crippen LogP contribution in [0.15, 0.2) is 18.2 Å². The summed E-state index contributed by atoms with van der Waals surface area (Å²) in [5, 5.41) is 3.72. The minimum atomic E-state index is 0.654. The molecule has 1 aromatic carbocycles. The average Bonchev–Trinajstić information content (AvgIpc) is 2.85. The maximum Gasteiger partial charge on any atom is 0.161 e. The van der Waals surface area contributed by atoms with Gasteiger partial charge in [0.25, 0.3) is 0 Å². The fourth-order valence-corrected chi connectivity index (χ4v) is 3.56. The molecule has 1 aliphatic heterocycles. The minimum Gasteiger partial charge on any atom is -0.486 e. The molecule has 0 amide bonds. The molecule has 0 radical (unpaired) electrons. The Bertz CT molecular complexity index is 460. The van der Waals surface area contributed by atoms with E-state index in [2.05, 4.69) is 31.3 Å². The average molecular weight is 275 g/mol. The van der Waals surface area contributed by atoms with Gasteiger partial charge in [-0.2, -0.15) is 0 Å². The lowest BCUT2D eigenvalue weighted by molar-refractivity contribution is 0.171. The summed E-state index contributed by atoms with van der Waals surface area (Å²) in [6.07, 6.45) is 3.99. The van der Waals surface area contributed by atoms with Crippen LogP contribution in [-0.2, 0) is 6.54 Å². The van der Waals surface area contributed by atoms with E-state index >= 15 is 0 Å². The molecule has 1 saturated carbocycles. The summed E-state index contributed by atoms with van der Waals surface area (Å²) >= 11 is 0. The van der Waals surface area contributed by atoms with Crippen LogP contribution in [0.4, 0.5) is 0 Å². The predicted octanol–water partition coefficient (Wildman–Crippen LogP) is 3.37. The first-order valence-electron chi connectivity index (χ1n) is 7.90. The number of nitrogens with one attached hydrogen (secondary N) is 1. The van der Waals surface area contributed by atoms with Crippen molar-refractivity contribution in [2.24, 2.45) is 11.8 Å². The molecule has 3 heteroatoms. The van der Waals surface area contributed by atoms with Crippen LogP contribution in [0.1, 0.15) is 38.7 Å². The number of benzene rings is 1. The maximum atomic E-state index is 5.64. The van der Waals surface area contributed by atoms with Crippen molar-refractivity contribution in [3.05, 3.63) is 23.8 Å². The third kappa shape index (κ3) is 2.78.